The Balaban J connectivity index is 2.00. The van der Waals surface area contributed by atoms with E-state index < -0.39 is 5.97 Å². The van der Waals surface area contributed by atoms with Gasteiger partial charge in [-0.3, -0.25) is 0 Å². The van der Waals surface area contributed by atoms with Crippen LogP contribution in [0.2, 0.25) is 0 Å². The first kappa shape index (κ1) is 21.7. The van der Waals surface area contributed by atoms with Crippen molar-refractivity contribution in [2.45, 2.75) is 33.6 Å². The van der Waals surface area contributed by atoms with E-state index >= 15 is 0 Å². The Hall–Kier alpha value is -3.54. The van der Waals surface area contributed by atoms with E-state index in [0.717, 1.165) is 11.1 Å². The van der Waals surface area contributed by atoms with Gasteiger partial charge in [0.25, 0.3) is 0 Å². The lowest BCUT2D eigenvalue weighted by Gasteiger charge is -2.36. The summed E-state index contributed by atoms with van der Waals surface area (Å²) in [5.41, 5.74) is 3.83. The normalized spacial score (nSPS) is 17.4. The summed E-state index contributed by atoms with van der Waals surface area (Å²) in [5, 5.41) is 30.9. The van der Waals surface area contributed by atoms with E-state index in [4.69, 9.17) is 9.72 Å². The van der Waals surface area contributed by atoms with Gasteiger partial charge < -0.3 is 20.1 Å². The van der Waals surface area contributed by atoms with Crippen molar-refractivity contribution in [1.82, 2.24) is 4.98 Å². The summed E-state index contributed by atoms with van der Waals surface area (Å²) in [4.78, 5) is 17.2. The number of ether oxygens (including phenoxy) is 1. The molecule has 166 valence electrons. The highest BCUT2D eigenvalue weighted by Gasteiger charge is 2.35. The van der Waals surface area contributed by atoms with E-state index in [9.17, 15) is 20.1 Å². The third kappa shape index (κ3) is 3.77. The topological polar surface area (TPSA) is 99.9 Å². The lowest BCUT2D eigenvalue weighted by Crippen LogP contribution is -2.28. The van der Waals surface area contributed by atoms with Gasteiger partial charge in [0.15, 0.2) is 11.5 Å². The Kier molecular flexibility index (Phi) is 5.33. The predicted molar refractivity (Wildman–Crippen MR) is 124 cm³/mol. The first-order valence-electron chi connectivity index (χ1n) is 10.6. The van der Waals surface area contributed by atoms with Gasteiger partial charge in [-0.05, 0) is 65.1 Å². The lowest BCUT2D eigenvalue weighted by atomic mass is 9.69. The van der Waals surface area contributed by atoms with Crippen LogP contribution in [0, 0.1) is 11.3 Å². The smallest absolute Gasteiger partial charge is 0.336 e. The van der Waals surface area contributed by atoms with Crippen LogP contribution in [0.4, 0.5) is 0 Å². The molecule has 0 fully saturated rings. The number of aromatic nitrogens is 1. The zero-order valence-electron chi connectivity index (χ0n) is 18.6. The summed E-state index contributed by atoms with van der Waals surface area (Å²) in [5.74, 6) is -1.19. The van der Waals surface area contributed by atoms with Crippen molar-refractivity contribution in [3.63, 3.8) is 0 Å². The highest BCUT2D eigenvalue weighted by atomic mass is 16.5. The molecule has 0 spiro atoms. The van der Waals surface area contributed by atoms with E-state index in [1.807, 2.05) is 24.3 Å². The van der Waals surface area contributed by atoms with E-state index in [0.29, 0.717) is 40.6 Å². The monoisotopic (exact) mass is 433 g/mol. The number of phenols is 2. The maximum absolute atomic E-state index is 12.3. The zero-order chi connectivity index (χ0) is 23.2. The number of carboxylic acids is 1. The van der Waals surface area contributed by atoms with Crippen LogP contribution >= 0.6 is 0 Å². The number of benzene rings is 2. The molecule has 1 aliphatic carbocycles. The van der Waals surface area contributed by atoms with Crippen LogP contribution in [-0.4, -0.2) is 33.4 Å². The van der Waals surface area contributed by atoms with Crippen molar-refractivity contribution in [2.75, 3.05) is 7.11 Å². The Morgan fingerprint density at radius 2 is 1.88 bits per heavy atom. The summed E-state index contributed by atoms with van der Waals surface area (Å²) >= 11 is 0. The second-order valence-electron chi connectivity index (χ2n) is 9.37. The molecule has 1 aliphatic rings. The van der Waals surface area contributed by atoms with Crippen LogP contribution in [0.15, 0.2) is 36.4 Å². The van der Waals surface area contributed by atoms with Crippen LogP contribution in [0.3, 0.4) is 0 Å². The molecule has 6 heteroatoms. The van der Waals surface area contributed by atoms with Gasteiger partial charge in [0.1, 0.15) is 0 Å². The summed E-state index contributed by atoms with van der Waals surface area (Å²) in [6.45, 7) is 6.47. The molecule has 1 aromatic heterocycles. The number of pyridine rings is 1. The number of rotatable bonds is 3. The molecule has 32 heavy (non-hydrogen) atoms. The number of para-hydroxylation sites is 1. The SMILES string of the molecule is COc1cc(/C=C2/CC(C(C)(C)C)Cc3c2nc2ccccc2c3C(=O)O)cc(O)c1O. The standard InChI is InChI=1S/C26H27NO5/c1-26(2,3)16-12-15(9-14-10-20(28)24(29)21(11-14)32-4)23-18(13-16)22(25(30)31)17-7-5-6-8-19(17)27-23/h5-11,16,28-29H,12-13H2,1-4H3,(H,30,31)/b15-9-. The van der Waals surface area contributed by atoms with E-state index in [1.165, 1.54) is 13.2 Å². The average Bonchev–Trinajstić information content (AvgIpc) is 2.73. The van der Waals surface area contributed by atoms with Crippen LogP contribution in [0.5, 0.6) is 17.2 Å². The van der Waals surface area contributed by atoms with Crippen LogP contribution in [0.1, 0.15) is 54.4 Å². The molecular formula is C26H27NO5. The van der Waals surface area contributed by atoms with Crippen molar-refractivity contribution < 1.29 is 24.9 Å². The van der Waals surface area contributed by atoms with Gasteiger partial charge in [-0.2, -0.15) is 0 Å². The quantitative estimate of drug-likeness (QED) is 0.472. The number of allylic oxidation sites excluding steroid dienone is 1. The molecule has 0 amide bonds. The molecule has 0 bridgehead atoms. The average molecular weight is 434 g/mol. The van der Waals surface area contributed by atoms with Gasteiger partial charge in [0, 0.05) is 5.39 Å². The fourth-order valence-electron chi connectivity index (χ4n) is 4.43. The number of phenolic OH excluding ortho intramolecular Hbond substituents is 2. The number of methoxy groups -OCH3 is 1. The molecular weight excluding hydrogens is 406 g/mol. The Morgan fingerprint density at radius 1 is 1.16 bits per heavy atom. The fourth-order valence-corrected chi connectivity index (χ4v) is 4.43. The van der Waals surface area contributed by atoms with Crippen molar-refractivity contribution in [2.24, 2.45) is 11.3 Å². The van der Waals surface area contributed by atoms with Gasteiger partial charge in [-0.15, -0.1) is 0 Å². The first-order chi connectivity index (χ1) is 15.1. The number of aromatic carboxylic acids is 1. The summed E-state index contributed by atoms with van der Waals surface area (Å²) in [6, 6.07) is 10.4. The van der Waals surface area contributed by atoms with Gasteiger partial charge in [-0.25, -0.2) is 9.78 Å². The molecule has 2 aromatic carbocycles. The van der Waals surface area contributed by atoms with Gasteiger partial charge in [0.2, 0.25) is 5.75 Å². The van der Waals surface area contributed by atoms with Crippen LogP contribution in [-0.2, 0) is 6.42 Å². The molecule has 6 nitrogen and oxygen atoms in total. The molecule has 0 saturated carbocycles. The first-order valence-corrected chi connectivity index (χ1v) is 10.6. The van der Waals surface area contributed by atoms with Crippen LogP contribution < -0.4 is 4.74 Å². The van der Waals surface area contributed by atoms with Crippen molar-refractivity contribution in [3.8, 4) is 17.2 Å². The number of aromatic hydroxyl groups is 2. The molecule has 1 unspecified atom stereocenters. The number of nitrogens with zero attached hydrogens (tertiary/aromatic N) is 1. The third-order valence-corrected chi connectivity index (χ3v) is 6.29. The molecule has 0 saturated heterocycles. The molecule has 4 rings (SSSR count). The van der Waals surface area contributed by atoms with E-state index in [-0.39, 0.29) is 28.6 Å². The van der Waals surface area contributed by atoms with E-state index in [2.05, 4.69) is 20.8 Å². The lowest BCUT2D eigenvalue weighted by molar-refractivity contribution is 0.0696. The number of carboxylic acid groups (broad SMARTS) is 1. The predicted octanol–water partition coefficient (Wildman–Crippen LogP) is 5.50. The molecule has 0 radical (unpaired) electrons. The minimum absolute atomic E-state index is 0.0486. The van der Waals surface area contributed by atoms with Gasteiger partial charge in [0.05, 0.1) is 23.9 Å². The number of carbonyl (C=O) groups is 1. The second-order valence-corrected chi connectivity index (χ2v) is 9.37. The highest BCUT2D eigenvalue weighted by molar-refractivity contribution is 6.06. The molecule has 1 atom stereocenters. The van der Waals surface area contributed by atoms with Crippen LogP contribution in [0.25, 0.3) is 22.6 Å². The van der Waals surface area contributed by atoms with Crippen molar-refractivity contribution >= 4 is 28.5 Å². The Labute approximate surface area is 186 Å². The number of fused-ring (bicyclic) bond motifs is 2. The maximum atomic E-state index is 12.3. The minimum atomic E-state index is -0.960. The number of hydrogen-bond acceptors (Lipinski definition) is 5. The largest absolute Gasteiger partial charge is 0.504 e. The Morgan fingerprint density at radius 3 is 2.53 bits per heavy atom. The van der Waals surface area contributed by atoms with E-state index in [1.54, 1.807) is 12.1 Å². The second kappa shape index (κ2) is 7.86. The third-order valence-electron chi connectivity index (χ3n) is 6.29. The molecule has 3 aromatic rings. The maximum Gasteiger partial charge on any atom is 0.336 e. The summed E-state index contributed by atoms with van der Waals surface area (Å²) in [6.07, 6.45) is 3.23. The highest BCUT2D eigenvalue weighted by Crippen LogP contribution is 2.45. The van der Waals surface area contributed by atoms with Crippen molar-refractivity contribution in [3.05, 3.63) is 58.8 Å². The summed E-state index contributed by atoms with van der Waals surface area (Å²) in [7, 11) is 1.42. The molecule has 3 N–H and O–H groups in total. The number of hydrogen-bond donors (Lipinski definition) is 3. The molecule has 1 heterocycles. The summed E-state index contributed by atoms with van der Waals surface area (Å²) < 4.78 is 5.18. The minimum Gasteiger partial charge on any atom is -0.504 e. The van der Waals surface area contributed by atoms with Gasteiger partial charge >= 0.3 is 5.97 Å². The van der Waals surface area contributed by atoms with Crippen molar-refractivity contribution in [1.29, 1.82) is 0 Å². The fraction of sp³-hybridized carbons (Fsp3) is 0.308. The molecule has 0 aliphatic heterocycles. The van der Waals surface area contributed by atoms with Gasteiger partial charge in [-0.1, -0.05) is 39.0 Å². The zero-order valence-corrected chi connectivity index (χ0v) is 18.6. The Bertz CT molecular complexity index is 1250.